The third-order valence-corrected chi connectivity index (χ3v) is 8.42. The Balaban J connectivity index is 1.69. The second kappa shape index (κ2) is 8.46. The van der Waals surface area contributed by atoms with Crippen LogP contribution in [0.4, 0.5) is 0 Å². The van der Waals surface area contributed by atoms with Gasteiger partial charge in [0.1, 0.15) is 11.1 Å². The van der Waals surface area contributed by atoms with Crippen molar-refractivity contribution in [3.63, 3.8) is 0 Å². The fourth-order valence-electron chi connectivity index (χ4n) is 4.70. The number of piperidine rings is 1. The van der Waals surface area contributed by atoms with Gasteiger partial charge in [0.05, 0.1) is 12.0 Å². The van der Waals surface area contributed by atoms with Gasteiger partial charge in [0, 0.05) is 25.6 Å². The summed E-state index contributed by atoms with van der Waals surface area (Å²) < 4.78 is 33.0. The molecule has 1 N–H and O–H groups in total. The first kappa shape index (κ1) is 20.4. The van der Waals surface area contributed by atoms with Crippen LogP contribution in [0.3, 0.4) is 0 Å². The predicted molar refractivity (Wildman–Crippen MR) is 115 cm³/mol. The Morgan fingerprint density at radius 1 is 1.17 bits per heavy atom. The molecule has 0 spiro atoms. The largest absolute Gasteiger partial charge is 0.497 e. The minimum absolute atomic E-state index is 0.0917. The Morgan fingerprint density at radius 2 is 2.03 bits per heavy atom. The van der Waals surface area contributed by atoms with Crippen molar-refractivity contribution >= 4 is 9.84 Å². The van der Waals surface area contributed by atoms with E-state index in [1.807, 2.05) is 25.1 Å². The molecular weight excluding hydrogens is 384 g/mol. The van der Waals surface area contributed by atoms with Crippen LogP contribution in [0, 0.1) is 12.8 Å². The normalized spacial score (nSPS) is 21.4. The van der Waals surface area contributed by atoms with Gasteiger partial charge in [-0.05, 0) is 73.7 Å². The molecular formula is C23H30N2O3S. The summed E-state index contributed by atoms with van der Waals surface area (Å²) in [6, 6.07) is 13.5. The third-order valence-electron chi connectivity index (χ3n) is 6.19. The first-order chi connectivity index (χ1) is 14.0. The minimum Gasteiger partial charge on any atom is -0.497 e. The van der Waals surface area contributed by atoms with Crippen molar-refractivity contribution < 1.29 is 13.2 Å². The molecule has 2 aromatic carbocycles. The van der Waals surface area contributed by atoms with Crippen LogP contribution in [0.15, 0.2) is 47.4 Å². The fourth-order valence-corrected chi connectivity index (χ4v) is 6.91. The van der Waals surface area contributed by atoms with Gasteiger partial charge in [0.25, 0.3) is 0 Å². The van der Waals surface area contributed by atoms with Crippen molar-refractivity contribution in [2.24, 2.45) is 5.92 Å². The lowest BCUT2D eigenvalue weighted by atomic mass is 9.95. The Hall–Kier alpha value is -1.89. The van der Waals surface area contributed by atoms with Crippen molar-refractivity contribution in [3.8, 4) is 5.75 Å². The molecule has 2 unspecified atom stereocenters. The van der Waals surface area contributed by atoms with Gasteiger partial charge >= 0.3 is 0 Å². The average Bonchev–Trinajstić information content (AvgIpc) is 2.74. The van der Waals surface area contributed by atoms with E-state index in [2.05, 4.69) is 22.3 Å². The zero-order chi connectivity index (χ0) is 20.4. The van der Waals surface area contributed by atoms with Crippen molar-refractivity contribution in [2.75, 3.05) is 26.7 Å². The van der Waals surface area contributed by atoms with Crippen molar-refractivity contribution in [3.05, 3.63) is 59.2 Å². The molecule has 2 aliphatic heterocycles. The molecule has 29 heavy (non-hydrogen) atoms. The zero-order valence-electron chi connectivity index (χ0n) is 17.2. The van der Waals surface area contributed by atoms with Crippen LogP contribution in [-0.2, 0) is 22.8 Å². The second-order valence-electron chi connectivity index (χ2n) is 8.21. The molecule has 0 bridgehead atoms. The Bertz CT molecular complexity index is 968. The van der Waals surface area contributed by atoms with Gasteiger partial charge in [-0.2, -0.15) is 0 Å². The lowest BCUT2D eigenvalue weighted by molar-refractivity contribution is 0.162. The monoisotopic (exact) mass is 414 g/mol. The molecule has 1 saturated heterocycles. The van der Waals surface area contributed by atoms with E-state index in [4.69, 9.17) is 4.74 Å². The fraction of sp³-hybridized carbons (Fsp3) is 0.478. The first-order valence-electron chi connectivity index (χ1n) is 10.4. The number of fused-ring (bicyclic) bond motifs is 1. The van der Waals surface area contributed by atoms with Crippen LogP contribution < -0.4 is 10.1 Å². The van der Waals surface area contributed by atoms with Crippen LogP contribution in [-0.4, -0.2) is 45.4 Å². The van der Waals surface area contributed by atoms with E-state index in [-0.39, 0.29) is 5.92 Å². The van der Waals surface area contributed by atoms with Gasteiger partial charge in [-0.25, -0.2) is 8.42 Å². The number of hydrogen-bond donors (Lipinski definition) is 1. The Labute approximate surface area is 174 Å². The molecule has 2 heterocycles. The molecule has 2 aliphatic rings. The lowest BCUT2D eigenvalue weighted by Crippen LogP contribution is -2.52. The number of rotatable bonds is 5. The lowest BCUT2D eigenvalue weighted by Gasteiger charge is -2.40. The molecule has 5 nitrogen and oxygen atoms in total. The Morgan fingerprint density at radius 3 is 2.76 bits per heavy atom. The number of benzene rings is 2. The topological polar surface area (TPSA) is 58.6 Å². The molecule has 6 heteroatoms. The summed E-state index contributed by atoms with van der Waals surface area (Å²) in [6.07, 6.45) is 2.80. The van der Waals surface area contributed by atoms with Gasteiger partial charge < -0.3 is 10.1 Å². The first-order valence-corrected chi connectivity index (χ1v) is 11.9. The van der Waals surface area contributed by atoms with E-state index in [1.54, 1.807) is 19.2 Å². The predicted octanol–water partition coefficient (Wildman–Crippen LogP) is 3.16. The molecule has 0 radical (unpaired) electrons. The third kappa shape index (κ3) is 4.20. The summed E-state index contributed by atoms with van der Waals surface area (Å²) in [5.74, 6) is 0.951. The average molecular weight is 415 g/mol. The summed E-state index contributed by atoms with van der Waals surface area (Å²) in [5, 5.41) is 2.91. The number of nitrogens with one attached hydrogen (secondary N) is 1. The quantitative estimate of drug-likeness (QED) is 0.814. The Kier molecular flexibility index (Phi) is 5.95. The number of hydrogen-bond acceptors (Lipinski definition) is 5. The van der Waals surface area contributed by atoms with Crippen LogP contribution in [0.2, 0.25) is 0 Å². The number of ether oxygens (including phenoxy) is 1. The molecule has 156 valence electrons. The SMILES string of the molecule is COc1ccc2c(c1)CCN(C(C1CCCNC1)S(=O)(=O)c1cccc(C)c1)C2. The van der Waals surface area contributed by atoms with Gasteiger partial charge in [-0.1, -0.05) is 18.2 Å². The van der Waals surface area contributed by atoms with Crippen LogP contribution in [0.25, 0.3) is 0 Å². The summed E-state index contributed by atoms with van der Waals surface area (Å²) in [5.41, 5.74) is 3.43. The maximum atomic E-state index is 13.8. The van der Waals surface area contributed by atoms with E-state index < -0.39 is 15.2 Å². The molecule has 4 rings (SSSR count). The van der Waals surface area contributed by atoms with E-state index >= 15 is 0 Å². The van der Waals surface area contributed by atoms with Crippen LogP contribution in [0.1, 0.15) is 29.5 Å². The van der Waals surface area contributed by atoms with Gasteiger partial charge in [0.15, 0.2) is 9.84 Å². The smallest absolute Gasteiger partial charge is 0.194 e. The molecule has 0 aromatic heterocycles. The standard InChI is InChI=1S/C23H30N2O3S/c1-17-5-3-7-22(13-17)29(26,27)23(19-6-4-11-24-15-19)25-12-10-18-14-21(28-2)9-8-20(18)16-25/h3,5,7-9,13-14,19,23-24H,4,6,10-12,15-16H2,1-2H3. The highest BCUT2D eigenvalue weighted by Gasteiger charge is 2.40. The van der Waals surface area contributed by atoms with E-state index in [1.165, 1.54) is 11.1 Å². The highest BCUT2D eigenvalue weighted by atomic mass is 32.2. The summed E-state index contributed by atoms with van der Waals surface area (Å²) in [7, 11) is -1.80. The molecule has 1 fully saturated rings. The number of aryl methyl sites for hydroxylation is 1. The van der Waals surface area contributed by atoms with Gasteiger partial charge in [0.2, 0.25) is 0 Å². The molecule has 2 aromatic rings. The van der Waals surface area contributed by atoms with E-state index in [9.17, 15) is 8.42 Å². The highest BCUT2D eigenvalue weighted by molar-refractivity contribution is 7.92. The van der Waals surface area contributed by atoms with Crippen molar-refractivity contribution in [2.45, 2.75) is 43.0 Å². The molecule has 0 aliphatic carbocycles. The number of sulfone groups is 1. The molecule has 0 amide bonds. The molecule has 2 atom stereocenters. The zero-order valence-corrected chi connectivity index (χ0v) is 18.0. The van der Waals surface area contributed by atoms with Gasteiger partial charge in [-0.15, -0.1) is 0 Å². The summed E-state index contributed by atoms with van der Waals surface area (Å²) in [4.78, 5) is 2.62. The minimum atomic E-state index is -3.48. The number of nitrogens with zero attached hydrogens (tertiary/aromatic N) is 1. The summed E-state index contributed by atoms with van der Waals surface area (Å²) in [6.45, 7) is 5.07. The number of methoxy groups -OCH3 is 1. The van der Waals surface area contributed by atoms with Crippen LogP contribution >= 0.6 is 0 Å². The van der Waals surface area contributed by atoms with Crippen molar-refractivity contribution in [1.82, 2.24) is 10.2 Å². The van der Waals surface area contributed by atoms with Gasteiger partial charge in [-0.3, -0.25) is 4.90 Å². The summed E-state index contributed by atoms with van der Waals surface area (Å²) >= 11 is 0. The van der Waals surface area contributed by atoms with Crippen LogP contribution in [0.5, 0.6) is 5.75 Å². The second-order valence-corrected chi connectivity index (χ2v) is 10.3. The highest BCUT2D eigenvalue weighted by Crippen LogP contribution is 2.33. The van der Waals surface area contributed by atoms with Crippen molar-refractivity contribution in [1.29, 1.82) is 0 Å². The van der Waals surface area contributed by atoms with E-state index in [0.717, 1.165) is 50.2 Å². The molecule has 0 saturated carbocycles. The van der Waals surface area contributed by atoms with E-state index in [0.29, 0.717) is 11.4 Å². The maximum absolute atomic E-state index is 13.8. The maximum Gasteiger partial charge on any atom is 0.194 e.